The average Bonchev–Trinajstić information content (AvgIpc) is 3.40. The van der Waals surface area contributed by atoms with Gasteiger partial charge in [-0.05, 0) is 35.8 Å². The van der Waals surface area contributed by atoms with Gasteiger partial charge in [-0.3, -0.25) is 15.6 Å². The summed E-state index contributed by atoms with van der Waals surface area (Å²) >= 11 is 1.43. The summed E-state index contributed by atoms with van der Waals surface area (Å²) in [6, 6.07) is 9.78. The highest BCUT2D eigenvalue weighted by atomic mass is 32.1. The maximum atomic E-state index is 12.7. The maximum absolute atomic E-state index is 12.7. The molecule has 1 fully saturated rings. The number of anilines is 2. The smallest absolute Gasteiger partial charge is 0.475 e. The maximum Gasteiger partial charge on any atom is 0.490 e. The summed E-state index contributed by atoms with van der Waals surface area (Å²) in [6.45, 7) is 4.36. The SMILES string of the molecule is N=C(N)N1CC=C(c2ccc(NC(=O)c3cc(N4CCN(C(=N)N)CC4)cs3)cc2)CC1.O=C(O)C(F)(F)F. The molecule has 0 bridgehead atoms. The standard InChI is InChI=1S/C22H28N8OS.C2HF3O2/c23-21(24)29-7-5-16(6-8-29)15-1-3-17(4-2-15)27-20(31)19-13-18(14-32-19)28-9-11-30(12-10-28)22(25)26;3-2(4,5)1(6)7/h1-5,13-14H,6-12H2,(H3,23,24)(H3,25,26)(H,27,31);(H,6,7). The van der Waals surface area contributed by atoms with E-state index in [1.165, 1.54) is 16.9 Å². The first-order valence-electron chi connectivity index (χ1n) is 11.8. The van der Waals surface area contributed by atoms with Crippen molar-refractivity contribution in [2.24, 2.45) is 11.5 Å². The minimum absolute atomic E-state index is 0.105. The van der Waals surface area contributed by atoms with Crippen LogP contribution in [0, 0.1) is 10.8 Å². The quantitative estimate of drug-likeness (QED) is 0.242. The summed E-state index contributed by atoms with van der Waals surface area (Å²) in [5, 5.41) is 27.2. The van der Waals surface area contributed by atoms with Gasteiger partial charge in [-0.25, -0.2) is 4.79 Å². The van der Waals surface area contributed by atoms with Gasteiger partial charge in [0, 0.05) is 56.0 Å². The summed E-state index contributed by atoms with van der Waals surface area (Å²) in [5.74, 6) is -2.66. The Morgan fingerprint density at radius 2 is 1.56 bits per heavy atom. The number of carboxylic acid groups (broad SMARTS) is 1. The van der Waals surface area contributed by atoms with Crippen LogP contribution in [-0.4, -0.2) is 84.1 Å². The van der Waals surface area contributed by atoms with Gasteiger partial charge in [0.2, 0.25) is 0 Å². The van der Waals surface area contributed by atoms with Gasteiger partial charge in [0.25, 0.3) is 5.91 Å². The van der Waals surface area contributed by atoms with Crippen molar-refractivity contribution in [1.29, 1.82) is 10.8 Å². The molecule has 1 saturated heterocycles. The first-order valence-corrected chi connectivity index (χ1v) is 12.7. The first-order chi connectivity index (χ1) is 18.3. The van der Waals surface area contributed by atoms with Crippen molar-refractivity contribution in [2.75, 3.05) is 49.5 Å². The van der Waals surface area contributed by atoms with Crippen LogP contribution in [0.2, 0.25) is 0 Å². The predicted octanol–water partition coefficient (Wildman–Crippen LogP) is 2.63. The van der Waals surface area contributed by atoms with Gasteiger partial charge in [0.15, 0.2) is 11.9 Å². The van der Waals surface area contributed by atoms with Gasteiger partial charge in [0.05, 0.1) is 4.88 Å². The molecule has 4 rings (SSSR count). The summed E-state index contributed by atoms with van der Waals surface area (Å²) in [4.78, 5) is 28.2. The lowest BCUT2D eigenvalue weighted by Gasteiger charge is -2.35. The van der Waals surface area contributed by atoms with E-state index in [1.54, 1.807) is 0 Å². The minimum Gasteiger partial charge on any atom is -0.475 e. The molecule has 8 N–H and O–H groups in total. The van der Waals surface area contributed by atoms with Crippen LogP contribution in [0.25, 0.3) is 5.57 Å². The number of carbonyl (C=O) groups is 2. The highest BCUT2D eigenvalue weighted by molar-refractivity contribution is 7.12. The lowest BCUT2D eigenvalue weighted by atomic mass is 9.99. The second kappa shape index (κ2) is 12.5. The second-order valence-corrected chi connectivity index (χ2v) is 9.58. The van der Waals surface area contributed by atoms with E-state index >= 15 is 0 Å². The molecular weight excluding hydrogens is 537 g/mol. The van der Waals surface area contributed by atoms with Crippen LogP contribution in [0.4, 0.5) is 24.5 Å². The fourth-order valence-electron chi connectivity index (χ4n) is 3.93. The Morgan fingerprint density at radius 3 is 2.05 bits per heavy atom. The fourth-order valence-corrected chi connectivity index (χ4v) is 4.74. The molecule has 210 valence electrons. The lowest BCUT2D eigenvalue weighted by molar-refractivity contribution is -0.192. The number of alkyl halides is 3. The number of halogens is 3. The predicted molar refractivity (Wildman–Crippen MR) is 144 cm³/mol. The number of piperazine rings is 1. The van der Waals surface area contributed by atoms with Crippen molar-refractivity contribution >= 4 is 52.1 Å². The number of aliphatic carboxylic acids is 1. The number of thiophene rings is 1. The van der Waals surface area contributed by atoms with Crippen molar-refractivity contribution in [3.05, 3.63) is 52.2 Å². The number of carbonyl (C=O) groups excluding carboxylic acids is 1. The highest BCUT2D eigenvalue weighted by Crippen LogP contribution is 2.27. The van der Waals surface area contributed by atoms with Crippen molar-refractivity contribution in [3.8, 4) is 0 Å². The fraction of sp³-hybridized carbons (Fsp3) is 0.333. The van der Waals surface area contributed by atoms with Crippen LogP contribution in [0.1, 0.15) is 21.7 Å². The summed E-state index contributed by atoms with van der Waals surface area (Å²) in [5.41, 5.74) is 15.2. The van der Waals surface area contributed by atoms with E-state index < -0.39 is 12.1 Å². The third-order valence-corrected chi connectivity index (χ3v) is 7.02. The Morgan fingerprint density at radius 1 is 0.974 bits per heavy atom. The van der Waals surface area contributed by atoms with Gasteiger partial charge in [-0.1, -0.05) is 18.2 Å². The normalized spacial score (nSPS) is 15.6. The zero-order chi connectivity index (χ0) is 28.7. The van der Waals surface area contributed by atoms with Gasteiger partial charge < -0.3 is 36.6 Å². The summed E-state index contributed by atoms with van der Waals surface area (Å²) in [7, 11) is 0. The topological polar surface area (TPSA) is 176 Å². The van der Waals surface area contributed by atoms with E-state index in [2.05, 4.69) is 16.3 Å². The molecular formula is C24H29F3N8O3S. The van der Waals surface area contributed by atoms with E-state index in [0.29, 0.717) is 24.5 Å². The third-order valence-electron chi connectivity index (χ3n) is 6.10. The molecule has 1 amide bonds. The van der Waals surface area contributed by atoms with Crippen molar-refractivity contribution in [3.63, 3.8) is 0 Å². The minimum atomic E-state index is -5.08. The molecule has 0 atom stereocenters. The third kappa shape index (κ3) is 8.10. The highest BCUT2D eigenvalue weighted by Gasteiger charge is 2.38. The number of rotatable bonds is 4. The first kappa shape index (κ1) is 29.3. The van der Waals surface area contributed by atoms with E-state index in [-0.39, 0.29) is 17.8 Å². The van der Waals surface area contributed by atoms with Gasteiger partial charge in [-0.15, -0.1) is 11.3 Å². The second-order valence-electron chi connectivity index (χ2n) is 8.67. The number of nitrogens with two attached hydrogens (primary N) is 2. The molecule has 39 heavy (non-hydrogen) atoms. The summed E-state index contributed by atoms with van der Waals surface area (Å²) in [6.07, 6.45) is -2.15. The van der Waals surface area contributed by atoms with Crippen LogP contribution in [0.15, 0.2) is 41.8 Å². The van der Waals surface area contributed by atoms with Crippen molar-refractivity contribution in [2.45, 2.75) is 12.6 Å². The number of hydrogen-bond acceptors (Lipinski definition) is 6. The van der Waals surface area contributed by atoms with Crippen LogP contribution in [0.3, 0.4) is 0 Å². The van der Waals surface area contributed by atoms with E-state index in [1.807, 2.05) is 45.5 Å². The molecule has 0 aliphatic carbocycles. The number of guanidine groups is 2. The Labute approximate surface area is 226 Å². The van der Waals surface area contributed by atoms with Crippen molar-refractivity contribution < 1.29 is 27.9 Å². The number of nitrogens with one attached hydrogen (secondary N) is 3. The molecule has 3 heterocycles. The van der Waals surface area contributed by atoms with Crippen LogP contribution < -0.4 is 21.7 Å². The molecule has 15 heteroatoms. The molecule has 0 saturated carbocycles. The zero-order valence-electron chi connectivity index (χ0n) is 20.8. The molecule has 1 aromatic carbocycles. The number of carboxylic acids is 1. The molecule has 0 radical (unpaired) electrons. The molecule has 2 aliphatic rings. The Balaban J connectivity index is 0.000000532. The monoisotopic (exact) mass is 566 g/mol. The molecule has 2 aromatic rings. The lowest BCUT2D eigenvalue weighted by Crippen LogP contribution is -2.50. The number of nitrogens with zero attached hydrogens (tertiary/aromatic N) is 3. The van der Waals surface area contributed by atoms with Gasteiger partial charge >= 0.3 is 12.1 Å². The molecule has 0 unspecified atom stereocenters. The largest absolute Gasteiger partial charge is 0.490 e. The Kier molecular flexibility index (Phi) is 9.40. The van der Waals surface area contributed by atoms with Crippen LogP contribution in [0.5, 0.6) is 0 Å². The number of amides is 1. The van der Waals surface area contributed by atoms with Crippen molar-refractivity contribution in [1.82, 2.24) is 9.80 Å². The summed E-state index contributed by atoms with van der Waals surface area (Å²) < 4.78 is 31.7. The Hall–Kier alpha value is -4.27. The van der Waals surface area contributed by atoms with Crippen LogP contribution in [-0.2, 0) is 4.79 Å². The zero-order valence-corrected chi connectivity index (χ0v) is 21.6. The molecule has 1 aromatic heterocycles. The number of hydrogen-bond donors (Lipinski definition) is 6. The van der Waals surface area contributed by atoms with Crippen LogP contribution >= 0.6 is 11.3 Å². The molecule has 2 aliphatic heterocycles. The van der Waals surface area contributed by atoms with Gasteiger partial charge in [0.1, 0.15) is 0 Å². The van der Waals surface area contributed by atoms with E-state index in [4.69, 9.17) is 32.2 Å². The van der Waals surface area contributed by atoms with E-state index in [0.717, 1.165) is 43.0 Å². The Bertz CT molecular complexity index is 1240. The molecule has 11 nitrogen and oxygen atoms in total. The van der Waals surface area contributed by atoms with Gasteiger partial charge in [-0.2, -0.15) is 13.2 Å². The number of benzene rings is 1. The van der Waals surface area contributed by atoms with E-state index in [9.17, 15) is 18.0 Å². The average molecular weight is 567 g/mol. The molecule has 0 spiro atoms.